The van der Waals surface area contributed by atoms with Crippen LogP contribution in [0.4, 0.5) is 34.1 Å². The summed E-state index contributed by atoms with van der Waals surface area (Å²) in [6.45, 7) is 0.0919. The summed E-state index contributed by atoms with van der Waals surface area (Å²) >= 11 is 0. The van der Waals surface area contributed by atoms with Crippen molar-refractivity contribution in [1.29, 1.82) is 0 Å². The molecule has 4 fully saturated rings. The van der Waals surface area contributed by atoms with Crippen molar-refractivity contribution in [3.05, 3.63) is 174 Å². The lowest BCUT2D eigenvalue weighted by molar-refractivity contribution is 0.327. The highest BCUT2D eigenvalue weighted by atomic mass is 15.2. The third-order valence-corrected chi connectivity index (χ3v) is 17.4. The second-order valence-electron chi connectivity index (χ2n) is 19.5. The zero-order valence-corrected chi connectivity index (χ0v) is 33.4. The normalized spacial score (nSPS) is 27.5. The molecule has 0 unspecified atom stereocenters. The molecule has 6 atom stereocenters. The largest absolute Gasteiger partial charge is 0.311 e. The molecule has 6 aliphatic carbocycles. The molecular formula is C56H45BN2. The molecule has 282 valence electrons. The van der Waals surface area contributed by atoms with Crippen LogP contribution in [0.25, 0.3) is 22.3 Å². The van der Waals surface area contributed by atoms with Crippen molar-refractivity contribution >= 4 is 57.2 Å². The maximum absolute atomic E-state index is 2.67. The Bertz CT molecular complexity index is 2770. The van der Waals surface area contributed by atoms with Gasteiger partial charge in [-0.25, -0.2) is 0 Å². The van der Waals surface area contributed by atoms with Gasteiger partial charge < -0.3 is 9.80 Å². The summed E-state index contributed by atoms with van der Waals surface area (Å²) in [5, 5.41) is 0. The molecule has 4 bridgehead atoms. The summed E-state index contributed by atoms with van der Waals surface area (Å²) in [6, 6.07) is 59.4. The van der Waals surface area contributed by atoms with E-state index in [1.807, 2.05) is 0 Å². The molecule has 59 heavy (non-hydrogen) atoms. The lowest BCUT2D eigenvalue weighted by Gasteiger charge is -2.46. The summed E-state index contributed by atoms with van der Waals surface area (Å²) in [7, 11) is 0. The molecule has 0 saturated heterocycles. The molecule has 3 heteroatoms. The third-order valence-electron chi connectivity index (χ3n) is 17.4. The first-order valence-corrected chi connectivity index (χ1v) is 22.6. The second kappa shape index (κ2) is 11.1. The van der Waals surface area contributed by atoms with E-state index in [1.165, 1.54) is 124 Å². The number of hydrogen-bond acceptors (Lipinski definition) is 2. The molecule has 7 aromatic carbocycles. The summed E-state index contributed by atoms with van der Waals surface area (Å²) in [5.74, 6) is 3.11. The Morgan fingerprint density at radius 1 is 0.424 bits per heavy atom. The van der Waals surface area contributed by atoms with E-state index in [2.05, 4.69) is 161 Å². The zero-order chi connectivity index (χ0) is 38.2. The molecule has 0 amide bonds. The van der Waals surface area contributed by atoms with E-state index >= 15 is 0 Å². The number of rotatable bonds is 2. The number of nitrogens with zero attached hydrogens (tertiary/aromatic N) is 2. The second-order valence-corrected chi connectivity index (χ2v) is 19.5. The maximum Gasteiger partial charge on any atom is 0.252 e. The average molecular weight is 757 g/mol. The SMILES string of the molecule is c1ccc(N2c3cccc4c3B(c3ccc5c(c32)-c2ccccc2[C@@]52C[C@H]3CC[C@@H]2C3)c2ccc3c(c2N4c2ccccc2)-c2ccccc2[C@]32C[C@H]3CC[C@@H]2C3)cc1. The van der Waals surface area contributed by atoms with Gasteiger partial charge in [0, 0.05) is 56.1 Å². The van der Waals surface area contributed by atoms with Crippen LogP contribution in [0.2, 0.25) is 0 Å². The lowest BCUT2D eigenvalue weighted by Crippen LogP contribution is -2.61. The van der Waals surface area contributed by atoms with E-state index in [4.69, 9.17) is 0 Å². The standard InChI is InChI=1S/C56H45BN2/c1-3-12-38(13-4-1)58-48-20-11-21-49-52(48)57(46-28-26-44-50(53(46)58)40-16-7-9-18-42(40)55(44)32-34-22-24-36(55)30-34)47-29-27-45-51(54(47)59(49)39-14-5-2-6-15-39)41-17-8-10-19-43(41)56(45)33-35-23-25-37(56)31-35/h1-21,26-29,34-37H,22-25,30-33H2/t34-,35-,36+,37+,55-,56+/m0/s1. The van der Waals surface area contributed by atoms with E-state index in [9.17, 15) is 0 Å². The molecule has 2 nitrogen and oxygen atoms in total. The lowest BCUT2D eigenvalue weighted by atomic mass is 9.33. The summed E-state index contributed by atoms with van der Waals surface area (Å²) < 4.78 is 0. The van der Waals surface area contributed by atoms with E-state index in [1.54, 1.807) is 22.3 Å². The van der Waals surface area contributed by atoms with Crippen LogP contribution in [0.1, 0.15) is 73.6 Å². The fourth-order valence-corrected chi connectivity index (χ4v) is 15.5. The molecule has 2 heterocycles. The Morgan fingerprint density at radius 2 is 0.881 bits per heavy atom. The van der Waals surface area contributed by atoms with Gasteiger partial charge in [0.1, 0.15) is 0 Å². The highest BCUT2D eigenvalue weighted by Gasteiger charge is 2.60. The minimum Gasteiger partial charge on any atom is -0.311 e. The van der Waals surface area contributed by atoms with Gasteiger partial charge in [-0.2, -0.15) is 0 Å². The average Bonchev–Trinajstić information content (AvgIpc) is 4.17. The third kappa shape index (κ3) is 3.71. The summed E-state index contributed by atoms with van der Waals surface area (Å²) in [6.07, 6.45) is 10.8. The van der Waals surface area contributed by atoms with E-state index < -0.39 is 0 Å². The van der Waals surface area contributed by atoms with Crippen molar-refractivity contribution < 1.29 is 0 Å². The van der Waals surface area contributed by atoms with Crippen LogP contribution in [0.15, 0.2) is 152 Å². The Morgan fingerprint density at radius 3 is 1.32 bits per heavy atom. The molecule has 2 spiro atoms. The molecule has 2 aliphatic heterocycles. The van der Waals surface area contributed by atoms with Crippen LogP contribution in [0.5, 0.6) is 0 Å². The van der Waals surface area contributed by atoms with Gasteiger partial charge in [0.05, 0.1) is 0 Å². The Labute approximate surface area is 347 Å². The zero-order valence-electron chi connectivity index (χ0n) is 33.4. The fraction of sp³-hybridized carbons (Fsp3) is 0.250. The van der Waals surface area contributed by atoms with Crippen molar-refractivity contribution in [2.45, 2.75) is 62.2 Å². The van der Waals surface area contributed by atoms with E-state index in [-0.39, 0.29) is 17.5 Å². The molecule has 7 aromatic rings. The van der Waals surface area contributed by atoms with Crippen molar-refractivity contribution in [3.8, 4) is 22.3 Å². The van der Waals surface area contributed by atoms with Gasteiger partial charge in [-0.15, -0.1) is 0 Å². The van der Waals surface area contributed by atoms with Crippen LogP contribution >= 0.6 is 0 Å². The van der Waals surface area contributed by atoms with Gasteiger partial charge >= 0.3 is 0 Å². The molecule has 0 aromatic heterocycles. The van der Waals surface area contributed by atoms with Gasteiger partial charge in [-0.1, -0.05) is 128 Å². The highest BCUT2D eigenvalue weighted by Crippen LogP contribution is 2.69. The number of para-hydroxylation sites is 2. The Balaban J connectivity index is 1.07. The Hall–Kier alpha value is -5.80. The van der Waals surface area contributed by atoms with Crippen molar-refractivity contribution in [1.82, 2.24) is 0 Å². The molecule has 8 aliphatic rings. The minimum absolute atomic E-state index is 0.0919. The molecule has 15 rings (SSSR count). The van der Waals surface area contributed by atoms with Gasteiger partial charge in [0.25, 0.3) is 6.71 Å². The van der Waals surface area contributed by atoms with Gasteiger partial charge in [0.15, 0.2) is 0 Å². The minimum atomic E-state index is 0.0919. The highest BCUT2D eigenvalue weighted by molar-refractivity contribution is 7.00. The van der Waals surface area contributed by atoms with Crippen LogP contribution in [-0.4, -0.2) is 6.71 Å². The predicted octanol–water partition coefficient (Wildman–Crippen LogP) is 11.9. The summed E-state index contributed by atoms with van der Waals surface area (Å²) in [4.78, 5) is 5.35. The molecule has 0 N–H and O–H groups in total. The van der Waals surface area contributed by atoms with Crippen molar-refractivity contribution in [2.24, 2.45) is 23.7 Å². The molecular weight excluding hydrogens is 711 g/mol. The van der Waals surface area contributed by atoms with Crippen LogP contribution < -0.4 is 26.2 Å². The topological polar surface area (TPSA) is 6.48 Å². The fourth-order valence-electron chi connectivity index (χ4n) is 15.5. The van der Waals surface area contributed by atoms with Gasteiger partial charge in [0.2, 0.25) is 0 Å². The van der Waals surface area contributed by atoms with Crippen molar-refractivity contribution in [3.63, 3.8) is 0 Å². The first-order chi connectivity index (χ1) is 29.2. The number of fused-ring (bicyclic) bond motifs is 22. The van der Waals surface area contributed by atoms with Gasteiger partial charge in [-0.05, 0) is 148 Å². The van der Waals surface area contributed by atoms with Crippen molar-refractivity contribution in [2.75, 3.05) is 9.80 Å². The first-order valence-electron chi connectivity index (χ1n) is 22.6. The van der Waals surface area contributed by atoms with E-state index in [0.717, 1.165) is 23.7 Å². The van der Waals surface area contributed by atoms with Gasteiger partial charge in [-0.3, -0.25) is 0 Å². The monoisotopic (exact) mass is 756 g/mol. The number of benzene rings is 7. The Kier molecular flexibility index (Phi) is 6.02. The molecule has 4 saturated carbocycles. The first kappa shape index (κ1) is 32.1. The van der Waals surface area contributed by atoms with E-state index in [0.29, 0.717) is 0 Å². The van der Waals surface area contributed by atoms with Crippen LogP contribution in [0.3, 0.4) is 0 Å². The summed E-state index contributed by atoms with van der Waals surface area (Å²) in [5.41, 5.74) is 24.7. The number of hydrogen-bond donors (Lipinski definition) is 0. The smallest absolute Gasteiger partial charge is 0.252 e. The molecule has 0 radical (unpaired) electrons. The van der Waals surface area contributed by atoms with Crippen LogP contribution in [0, 0.1) is 23.7 Å². The van der Waals surface area contributed by atoms with Crippen LogP contribution in [-0.2, 0) is 10.8 Å². The quantitative estimate of drug-likeness (QED) is 0.162. The maximum atomic E-state index is 2.67. The number of anilines is 6. The predicted molar refractivity (Wildman–Crippen MR) is 244 cm³/mol.